The molecule has 1 fully saturated rings. The molecule has 2 aromatic rings. The van der Waals surface area contributed by atoms with Gasteiger partial charge in [-0.25, -0.2) is 4.39 Å². The summed E-state index contributed by atoms with van der Waals surface area (Å²) in [5.41, 5.74) is 7.12. The number of halogens is 2. The van der Waals surface area contributed by atoms with Crippen LogP contribution in [0.2, 0.25) is 0 Å². The molecule has 4 nitrogen and oxygen atoms in total. The maximum Gasteiger partial charge on any atom is 0.234 e. The highest BCUT2D eigenvalue weighted by Gasteiger charge is 2.29. The number of carbonyl (C=O) groups is 1. The first kappa shape index (κ1) is 13.6. The lowest BCUT2D eigenvalue weighted by atomic mass is 10.2. The number of hydrogen-bond acceptors (Lipinski definition) is 2. The van der Waals surface area contributed by atoms with Crippen molar-refractivity contribution >= 4 is 32.7 Å². The van der Waals surface area contributed by atoms with Gasteiger partial charge in [-0.15, -0.1) is 0 Å². The zero-order valence-electron chi connectivity index (χ0n) is 10.8. The van der Waals surface area contributed by atoms with Crippen molar-refractivity contribution in [3.05, 3.63) is 34.2 Å². The van der Waals surface area contributed by atoms with Crippen LogP contribution in [0.1, 0.15) is 18.5 Å². The number of nitrogens with one attached hydrogen (secondary N) is 1. The standard InChI is InChI=1S/C14H15BrFN3O/c15-11-4-8(16)5-12-10(11)6-9(18-12)7-19-3-1-2-13(19)14(17)20/h4-6,13,18H,1-3,7H2,(H2,17,20)/t13-/m1/s1. The van der Waals surface area contributed by atoms with Crippen molar-refractivity contribution < 1.29 is 9.18 Å². The topological polar surface area (TPSA) is 62.1 Å². The summed E-state index contributed by atoms with van der Waals surface area (Å²) in [4.78, 5) is 16.7. The second-order valence-corrected chi connectivity index (χ2v) is 6.03. The fourth-order valence-electron chi connectivity index (χ4n) is 2.86. The molecule has 1 aromatic carbocycles. The molecule has 106 valence electrons. The van der Waals surface area contributed by atoms with Gasteiger partial charge in [-0.3, -0.25) is 9.69 Å². The van der Waals surface area contributed by atoms with Gasteiger partial charge in [0.2, 0.25) is 5.91 Å². The molecular weight excluding hydrogens is 325 g/mol. The summed E-state index contributed by atoms with van der Waals surface area (Å²) in [6.07, 6.45) is 1.79. The van der Waals surface area contributed by atoms with E-state index in [4.69, 9.17) is 5.73 Å². The maximum absolute atomic E-state index is 13.4. The van der Waals surface area contributed by atoms with E-state index in [9.17, 15) is 9.18 Å². The molecule has 0 bridgehead atoms. The molecule has 1 amide bonds. The highest BCUT2D eigenvalue weighted by Crippen LogP contribution is 2.27. The van der Waals surface area contributed by atoms with Gasteiger partial charge < -0.3 is 10.7 Å². The molecule has 0 saturated carbocycles. The Bertz CT molecular complexity index is 670. The molecule has 1 saturated heterocycles. The fraction of sp³-hybridized carbons (Fsp3) is 0.357. The van der Waals surface area contributed by atoms with Crippen LogP contribution in [0.5, 0.6) is 0 Å². The summed E-state index contributed by atoms with van der Waals surface area (Å²) < 4.78 is 14.1. The van der Waals surface area contributed by atoms with Gasteiger partial charge in [0.15, 0.2) is 0 Å². The average Bonchev–Trinajstić information content (AvgIpc) is 2.95. The highest BCUT2D eigenvalue weighted by molar-refractivity contribution is 9.10. The van der Waals surface area contributed by atoms with Crippen molar-refractivity contribution in [3.63, 3.8) is 0 Å². The molecule has 1 aromatic heterocycles. The number of nitrogens with two attached hydrogens (primary N) is 1. The minimum atomic E-state index is -0.283. The lowest BCUT2D eigenvalue weighted by Gasteiger charge is -2.20. The number of carbonyl (C=O) groups excluding carboxylic acids is 1. The van der Waals surface area contributed by atoms with Gasteiger partial charge in [-0.1, -0.05) is 0 Å². The van der Waals surface area contributed by atoms with E-state index in [0.717, 1.165) is 40.5 Å². The molecule has 3 N–H and O–H groups in total. The largest absolute Gasteiger partial charge is 0.368 e. The summed E-state index contributed by atoms with van der Waals surface area (Å²) in [5, 5.41) is 0.941. The Balaban J connectivity index is 1.88. The van der Waals surface area contributed by atoms with Gasteiger partial charge in [-0.05, 0) is 53.5 Å². The number of primary amides is 1. The number of aromatic nitrogens is 1. The van der Waals surface area contributed by atoms with E-state index < -0.39 is 0 Å². The second kappa shape index (κ2) is 5.18. The van der Waals surface area contributed by atoms with Crippen molar-refractivity contribution in [1.29, 1.82) is 0 Å². The van der Waals surface area contributed by atoms with Gasteiger partial charge in [0, 0.05) is 27.6 Å². The van der Waals surface area contributed by atoms with E-state index in [0.29, 0.717) is 6.54 Å². The van der Waals surface area contributed by atoms with E-state index in [1.165, 1.54) is 12.1 Å². The van der Waals surface area contributed by atoms with E-state index in [-0.39, 0.29) is 17.8 Å². The van der Waals surface area contributed by atoms with Gasteiger partial charge in [0.1, 0.15) is 5.82 Å². The number of H-pyrrole nitrogens is 1. The first-order valence-electron chi connectivity index (χ1n) is 6.54. The molecule has 3 rings (SSSR count). The van der Waals surface area contributed by atoms with E-state index in [1.807, 2.05) is 6.07 Å². The molecule has 0 spiro atoms. The lowest BCUT2D eigenvalue weighted by molar-refractivity contribution is -0.122. The minimum absolute atomic E-state index is 0.193. The predicted octanol–water partition coefficient (Wildman–Crippen LogP) is 2.52. The molecule has 20 heavy (non-hydrogen) atoms. The third kappa shape index (κ3) is 2.45. The highest BCUT2D eigenvalue weighted by atomic mass is 79.9. The van der Waals surface area contributed by atoms with Crippen LogP contribution in [0.3, 0.4) is 0 Å². The van der Waals surface area contributed by atoms with E-state index in [1.54, 1.807) is 0 Å². The first-order chi connectivity index (χ1) is 9.54. The molecule has 0 radical (unpaired) electrons. The Kier molecular flexibility index (Phi) is 3.52. The molecule has 0 aliphatic carbocycles. The number of fused-ring (bicyclic) bond motifs is 1. The lowest BCUT2D eigenvalue weighted by Crippen LogP contribution is -2.39. The molecular formula is C14H15BrFN3O. The predicted molar refractivity (Wildman–Crippen MR) is 78.6 cm³/mol. The number of rotatable bonds is 3. The third-order valence-electron chi connectivity index (χ3n) is 3.77. The summed E-state index contributed by atoms with van der Waals surface area (Å²) in [7, 11) is 0. The molecule has 6 heteroatoms. The molecule has 2 heterocycles. The van der Waals surface area contributed by atoms with Gasteiger partial charge in [0.05, 0.1) is 6.04 Å². The molecule has 1 atom stereocenters. The summed E-state index contributed by atoms with van der Waals surface area (Å²) in [6.45, 7) is 1.48. The van der Waals surface area contributed by atoms with Crippen LogP contribution in [-0.2, 0) is 11.3 Å². The van der Waals surface area contributed by atoms with Crippen molar-refractivity contribution in [2.24, 2.45) is 5.73 Å². The van der Waals surface area contributed by atoms with Crippen LogP contribution in [0.4, 0.5) is 4.39 Å². The Hall–Kier alpha value is -1.40. The van der Waals surface area contributed by atoms with Crippen molar-refractivity contribution in [2.45, 2.75) is 25.4 Å². The molecule has 1 aliphatic heterocycles. The van der Waals surface area contributed by atoms with Crippen molar-refractivity contribution in [2.75, 3.05) is 6.54 Å². The van der Waals surface area contributed by atoms with Gasteiger partial charge in [0.25, 0.3) is 0 Å². The number of hydrogen-bond donors (Lipinski definition) is 2. The van der Waals surface area contributed by atoms with Crippen LogP contribution in [0.25, 0.3) is 10.9 Å². The van der Waals surface area contributed by atoms with Crippen molar-refractivity contribution in [1.82, 2.24) is 9.88 Å². The normalized spacial score (nSPS) is 19.8. The smallest absolute Gasteiger partial charge is 0.234 e. The zero-order valence-corrected chi connectivity index (χ0v) is 12.4. The second-order valence-electron chi connectivity index (χ2n) is 5.17. The number of nitrogens with zero attached hydrogens (tertiary/aromatic N) is 1. The Morgan fingerprint density at radius 1 is 1.50 bits per heavy atom. The quantitative estimate of drug-likeness (QED) is 0.902. The van der Waals surface area contributed by atoms with Crippen LogP contribution >= 0.6 is 15.9 Å². The van der Waals surface area contributed by atoms with E-state index >= 15 is 0 Å². The molecule has 0 unspecified atom stereocenters. The van der Waals surface area contributed by atoms with Crippen LogP contribution in [-0.4, -0.2) is 28.4 Å². The fourth-order valence-corrected chi connectivity index (χ4v) is 3.41. The number of likely N-dealkylation sites (tertiary alicyclic amines) is 1. The van der Waals surface area contributed by atoms with E-state index in [2.05, 4.69) is 25.8 Å². The molecule has 1 aliphatic rings. The zero-order chi connectivity index (χ0) is 14.3. The van der Waals surface area contributed by atoms with Crippen LogP contribution < -0.4 is 5.73 Å². The SMILES string of the molecule is NC(=O)[C@H]1CCCN1Cc1cc2c(Br)cc(F)cc2[nH]1. The minimum Gasteiger partial charge on any atom is -0.368 e. The number of benzene rings is 1. The summed E-state index contributed by atoms with van der Waals surface area (Å²) in [6, 6.07) is 4.71. The third-order valence-corrected chi connectivity index (χ3v) is 4.43. The Labute approximate surface area is 124 Å². The Morgan fingerprint density at radius 3 is 3.05 bits per heavy atom. The van der Waals surface area contributed by atoms with Gasteiger partial charge >= 0.3 is 0 Å². The average molecular weight is 340 g/mol. The van der Waals surface area contributed by atoms with Crippen LogP contribution in [0, 0.1) is 5.82 Å². The first-order valence-corrected chi connectivity index (χ1v) is 7.34. The monoisotopic (exact) mass is 339 g/mol. The number of aromatic amines is 1. The summed E-state index contributed by atoms with van der Waals surface area (Å²) in [5.74, 6) is -0.556. The van der Waals surface area contributed by atoms with Crippen molar-refractivity contribution in [3.8, 4) is 0 Å². The number of amides is 1. The van der Waals surface area contributed by atoms with Gasteiger partial charge in [-0.2, -0.15) is 0 Å². The maximum atomic E-state index is 13.4. The Morgan fingerprint density at radius 2 is 2.30 bits per heavy atom. The summed E-state index contributed by atoms with van der Waals surface area (Å²) >= 11 is 3.36. The van der Waals surface area contributed by atoms with Crippen LogP contribution in [0.15, 0.2) is 22.7 Å².